The van der Waals surface area contributed by atoms with E-state index in [1.165, 1.54) is 12.3 Å². The van der Waals surface area contributed by atoms with Crippen LogP contribution in [0.3, 0.4) is 0 Å². The van der Waals surface area contributed by atoms with Crippen molar-refractivity contribution < 1.29 is 9.18 Å². The fourth-order valence-electron chi connectivity index (χ4n) is 4.23. The molecular weight excluding hydrogens is 397 g/mol. The molecule has 3 aromatic heterocycles. The minimum Gasteiger partial charge on any atom is -0.355 e. The molecule has 1 unspecified atom stereocenters. The fourth-order valence-corrected chi connectivity index (χ4v) is 4.23. The van der Waals surface area contributed by atoms with Crippen LogP contribution >= 0.6 is 0 Å². The van der Waals surface area contributed by atoms with Gasteiger partial charge in [0.2, 0.25) is 5.91 Å². The number of carbonyl (C=O) groups is 1. The number of halogens is 1. The number of imidazole rings is 1. The summed E-state index contributed by atoms with van der Waals surface area (Å²) >= 11 is 0. The predicted octanol–water partition coefficient (Wildman–Crippen LogP) is 2.66. The minimum absolute atomic E-state index is 0.0377. The third kappa shape index (κ3) is 3.38. The van der Waals surface area contributed by atoms with Gasteiger partial charge in [-0.05, 0) is 43.9 Å². The third-order valence-corrected chi connectivity index (χ3v) is 6.31. The van der Waals surface area contributed by atoms with Crippen molar-refractivity contribution in [1.82, 2.24) is 24.3 Å². The Bertz CT molecular complexity index is 1200. The van der Waals surface area contributed by atoms with Crippen LogP contribution in [0, 0.1) is 22.6 Å². The number of pyridine rings is 1. The van der Waals surface area contributed by atoms with Crippen LogP contribution < -0.4 is 4.90 Å². The summed E-state index contributed by atoms with van der Waals surface area (Å²) in [5, 5.41) is 9.37. The highest BCUT2D eigenvalue weighted by Gasteiger charge is 2.53. The lowest BCUT2D eigenvalue weighted by Gasteiger charge is -2.38. The molecule has 1 aliphatic heterocycles. The molecule has 8 nitrogen and oxygen atoms in total. The second-order valence-electron chi connectivity index (χ2n) is 8.31. The van der Waals surface area contributed by atoms with Gasteiger partial charge in [0.05, 0.1) is 12.3 Å². The Hall–Kier alpha value is -3.54. The third-order valence-electron chi connectivity index (χ3n) is 6.31. The smallest absolute Gasteiger partial charge is 0.243 e. The molecule has 4 heterocycles. The molecule has 1 saturated heterocycles. The van der Waals surface area contributed by atoms with E-state index in [0.29, 0.717) is 43.1 Å². The molecule has 31 heavy (non-hydrogen) atoms. The number of hydrogen-bond donors (Lipinski definition) is 0. The normalized spacial score (nSPS) is 19.8. The van der Waals surface area contributed by atoms with Gasteiger partial charge in [-0.2, -0.15) is 5.26 Å². The summed E-state index contributed by atoms with van der Waals surface area (Å²) in [6, 6.07) is 7.10. The standard InChI is InChI=1S/C22H22FN7O/c1-28(16-3-2-10-29(13-16)21(31)22(14-24)7-8-22)19-6-9-25-20(27-19)17-11-26-18-5-4-15(23)12-30(17)18/h4-6,9,11-12,16H,2-3,7-8,10,13H2,1H3. The molecule has 0 spiro atoms. The molecule has 5 rings (SSSR count). The molecule has 0 N–H and O–H groups in total. The summed E-state index contributed by atoms with van der Waals surface area (Å²) in [6.07, 6.45) is 7.81. The molecule has 2 fully saturated rings. The molecule has 1 aliphatic carbocycles. The minimum atomic E-state index is -0.791. The van der Waals surface area contributed by atoms with Crippen molar-refractivity contribution in [3.63, 3.8) is 0 Å². The SMILES string of the molecule is CN(c1ccnc(-c2cnc3ccc(F)cn23)n1)C1CCCN(C(=O)C2(C#N)CC2)C1. The molecule has 9 heteroatoms. The molecule has 2 aliphatic rings. The van der Waals surface area contributed by atoms with Gasteiger partial charge in [-0.3, -0.25) is 9.20 Å². The quantitative estimate of drug-likeness (QED) is 0.646. The lowest BCUT2D eigenvalue weighted by atomic mass is 10.0. The predicted molar refractivity (Wildman–Crippen MR) is 111 cm³/mol. The molecule has 1 saturated carbocycles. The second kappa shape index (κ2) is 7.30. The highest BCUT2D eigenvalue weighted by Crippen LogP contribution is 2.46. The van der Waals surface area contributed by atoms with Gasteiger partial charge in [-0.15, -0.1) is 0 Å². The van der Waals surface area contributed by atoms with E-state index in [4.69, 9.17) is 4.98 Å². The van der Waals surface area contributed by atoms with Gasteiger partial charge in [0.15, 0.2) is 5.82 Å². The first-order chi connectivity index (χ1) is 15.0. The molecule has 1 atom stereocenters. The maximum Gasteiger partial charge on any atom is 0.243 e. The topological polar surface area (TPSA) is 90.4 Å². The molecule has 0 bridgehead atoms. The number of piperidine rings is 1. The van der Waals surface area contributed by atoms with Crippen LogP contribution in [0.25, 0.3) is 17.2 Å². The lowest BCUT2D eigenvalue weighted by Crippen LogP contribution is -2.50. The second-order valence-corrected chi connectivity index (χ2v) is 8.31. The van der Waals surface area contributed by atoms with Crippen LogP contribution in [0.15, 0.2) is 36.8 Å². The molecule has 3 aromatic rings. The summed E-state index contributed by atoms with van der Waals surface area (Å²) in [7, 11) is 1.95. The summed E-state index contributed by atoms with van der Waals surface area (Å²) in [4.78, 5) is 30.0. The van der Waals surface area contributed by atoms with Crippen LogP contribution in [-0.2, 0) is 4.79 Å². The Morgan fingerprint density at radius 1 is 1.32 bits per heavy atom. The Morgan fingerprint density at radius 3 is 2.94 bits per heavy atom. The van der Waals surface area contributed by atoms with Crippen molar-refractivity contribution >= 4 is 17.4 Å². The number of likely N-dealkylation sites (N-methyl/N-ethyl adjacent to an activating group) is 1. The number of amides is 1. The zero-order chi connectivity index (χ0) is 21.6. The molecular formula is C22H22FN7O. The van der Waals surface area contributed by atoms with E-state index in [-0.39, 0.29) is 17.8 Å². The zero-order valence-electron chi connectivity index (χ0n) is 17.2. The Labute approximate surface area is 179 Å². The number of carbonyl (C=O) groups excluding carboxylic acids is 1. The van der Waals surface area contributed by atoms with E-state index in [9.17, 15) is 14.4 Å². The van der Waals surface area contributed by atoms with Crippen molar-refractivity contribution in [1.29, 1.82) is 5.26 Å². The van der Waals surface area contributed by atoms with Gasteiger partial charge in [-0.1, -0.05) is 0 Å². The zero-order valence-corrected chi connectivity index (χ0v) is 17.2. The van der Waals surface area contributed by atoms with Crippen LogP contribution in [0.1, 0.15) is 25.7 Å². The fraction of sp³-hybridized carbons (Fsp3) is 0.409. The summed E-state index contributed by atoms with van der Waals surface area (Å²) in [6.45, 7) is 1.26. The van der Waals surface area contributed by atoms with E-state index in [2.05, 4.69) is 20.9 Å². The number of hydrogen-bond acceptors (Lipinski definition) is 6. The van der Waals surface area contributed by atoms with Crippen LogP contribution in [0.2, 0.25) is 0 Å². The first-order valence-corrected chi connectivity index (χ1v) is 10.4. The van der Waals surface area contributed by atoms with E-state index < -0.39 is 5.41 Å². The lowest BCUT2D eigenvalue weighted by molar-refractivity contribution is -0.136. The van der Waals surface area contributed by atoms with E-state index in [1.54, 1.807) is 22.9 Å². The number of nitrogens with zero attached hydrogens (tertiary/aromatic N) is 7. The van der Waals surface area contributed by atoms with Crippen molar-refractivity contribution in [2.24, 2.45) is 5.41 Å². The van der Waals surface area contributed by atoms with Gasteiger partial charge >= 0.3 is 0 Å². The number of rotatable bonds is 4. The number of likely N-dealkylation sites (tertiary alicyclic amines) is 1. The molecule has 0 radical (unpaired) electrons. The monoisotopic (exact) mass is 419 g/mol. The van der Waals surface area contributed by atoms with E-state index >= 15 is 0 Å². The summed E-state index contributed by atoms with van der Waals surface area (Å²) in [5.41, 5.74) is 0.433. The molecule has 0 aromatic carbocycles. The first-order valence-electron chi connectivity index (χ1n) is 10.4. The van der Waals surface area contributed by atoms with E-state index in [0.717, 1.165) is 18.7 Å². The van der Waals surface area contributed by atoms with Crippen LogP contribution in [0.4, 0.5) is 10.2 Å². The highest BCUT2D eigenvalue weighted by atomic mass is 19.1. The van der Waals surface area contributed by atoms with E-state index in [1.807, 2.05) is 18.0 Å². The Balaban J connectivity index is 1.38. The average molecular weight is 419 g/mol. The van der Waals surface area contributed by atoms with Crippen molar-refractivity contribution in [3.05, 3.63) is 42.6 Å². The largest absolute Gasteiger partial charge is 0.355 e. The van der Waals surface area contributed by atoms with Crippen molar-refractivity contribution in [3.8, 4) is 17.6 Å². The average Bonchev–Trinajstić information content (AvgIpc) is 3.51. The van der Waals surface area contributed by atoms with Crippen molar-refractivity contribution in [2.45, 2.75) is 31.7 Å². The van der Waals surface area contributed by atoms with Gasteiger partial charge < -0.3 is 9.80 Å². The highest BCUT2D eigenvalue weighted by molar-refractivity contribution is 5.88. The molecule has 1 amide bonds. The van der Waals surface area contributed by atoms with Crippen LogP contribution in [0.5, 0.6) is 0 Å². The van der Waals surface area contributed by atoms with Gasteiger partial charge in [-0.25, -0.2) is 19.3 Å². The number of nitriles is 1. The number of anilines is 1. The summed E-state index contributed by atoms with van der Waals surface area (Å²) < 4.78 is 15.4. The maximum absolute atomic E-state index is 13.7. The first kappa shape index (κ1) is 19.4. The Morgan fingerprint density at radius 2 is 2.16 bits per heavy atom. The van der Waals surface area contributed by atoms with Gasteiger partial charge in [0, 0.05) is 38.6 Å². The summed E-state index contributed by atoms with van der Waals surface area (Å²) in [5.74, 6) is 0.770. The van der Waals surface area contributed by atoms with Crippen LogP contribution in [-0.4, -0.2) is 56.3 Å². The van der Waals surface area contributed by atoms with Gasteiger partial charge in [0.1, 0.15) is 28.4 Å². The number of aromatic nitrogens is 4. The maximum atomic E-state index is 13.7. The van der Waals surface area contributed by atoms with Crippen molar-refractivity contribution in [2.75, 3.05) is 25.0 Å². The number of fused-ring (bicyclic) bond motifs is 1. The molecule has 158 valence electrons. The van der Waals surface area contributed by atoms with Gasteiger partial charge in [0.25, 0.3) is 0 Å². The Kier molecular flexibility index (Phi) is 4.58.